The minimum atomic E-state index is 0.0263. The molecule has 0 unspecified atom stereocenters. The maximum atomic E-state index is 12.0. The molecule has 2 aromatic rings. The number of nitrogens with one attached hydrogen (secondary N) is 1. The molecule has 2 heterocycles. The highest BCUT2D eigenvalue weighted by Gasteiger charge is 2.14. The Kier molecular flexibility index (Phi) is 8.50. The SMILES string of the molecule is O=C(CCc1nnc(CCCCc2ccccc2)o1)NCC[C@@H]1CCCCO1. The number of unbranched alkanes of at least 4 members (excludes halogenated alkanes) is 1. The fraction of sp³-hybridized carbons (Fsp3) is 0.591. The first-order valence-corrected chi connectivity index (χ1v) is 10.5. The number of benzene rings is 1. The van der Waals surface area contributed by atoms with Gasteiger partial charge in [-0.15, -0.1) is 10.2 Å². The molecule has 1 aliphatic heterocycles. The van der Waals surface area contributed by atoms with E-state index in [-0.39, 0.29) is 5.91 Å². The highest BCUT2D eigenvalue weighted by molar-refractivity contribution is 5.75. The quantitative estimate of drug-likeness (QED) is 0.598. The normalized spacial score (nSPS) is 16.8. The third kappa shape index (κ3) is 7.43. The van der Waals surface area contributed by atoms with Gasteiger partial charge in [0.2, 0.25) is 17.7 Å². The zero-order valence-corrected chi connectivity index (χ0v) is 16.6. The van der Waals surface area contributed by atoms with Crippen LogP contribution in [0.15, 0.2) is 34.7 Å². The van der Waals surface area contributed by atoms with Crippen LogP contribution in [0.5, 0.6) is 0 Å². The molecule has 0 saturated carbocycles. The number of rotatable bonds is 11. The lowest BCUT2D eigenvalue weighted by atomic mass is 10.1. The smallest absolute Gasteiger partial charge is 0.220 e. The summed E-state index contributed by atoms with van der Waals surface area (Å²) in [7, 11) is 0. The number of amides is 1. The summed E-state index contributed by atoms with van der Waals surface area (Å²) < 4.78 is 11.3. The summed E-state index contributed by atoms with van der Waals surface area (Å²) in [5.41, 5.74) is 1.36. The first-order chi connectivity index (χ1) is 13.8. The summed E-state index contributed by atoms with van der Waals surface area (Å²) >= 11 is 0. The van der Waals surface area contributed by atoms with E-state index in [2.05, 4.69) is 39.8 Å². The molecule has 0 bridgehead atoms. The summed E-state index contributed by atoms with van der Waals surface area (Å²) in [5, 5.41) is 11.1. The maximum absolute atomic E-state index is 12.0. The molecule has 1 N–H and O–H groups in total. The molecule has 152 valence electrons. The molecule has 1 saturated heterocycles. The standard InChI is InChI=1S/C22H31N3O3/c26-20(23-16-15-19-11-6-7-17-27-19)13-14-22-25-24-21(28-22)12-5-4-10-18-8-2-1-3-9-18/h1-3,8-9,19H,4-7,10-17H2,(H,23,26)/t19-/m0/s1. The predicted molar refractivity (Wildman–Crippen MR) is 107 cm³/mol. The Bertz CT molecular complexity index is 696. The molecule has 1 aliphatic rings. The van der Waals surface area contributed by atoms with Gasteiger partial charge in [-0.25, -0.2) is 0 Å². The second kappa shape index (κ2) is 11.6. The Hall–Kier alpha value is -2.21. The number of carbonyl (C=O) groups excluding carboxylic acids is 1. The Morgan fingerprint density at radius 2 is 1.82 bits per heavy atom. The van der Waals surface area contributed by atoms with Crippen LogP contribution in [0.4, 0.5) is 0 Å². The minimum Gasteiger partial charge on any atom is -0.425 e. The molecule has 0 aliphatic carbocycles. The van der Waals surface area contributed by atoms with Crippen LogP contribution in [0.1, 0.15) is 62.3 Å². The van der Waals surface area contributed by atoms with Crippen LogP contribution in [0.2, 0.25) is 0 Å². The Balaban J connectivity index is 1.26. The van der Waals surface area contributed by atoms with Gasteiger partial charge in [0.15, 0.2) is 0 Å². The Labute approximate surface area is 167 Å². The van der Waals surface area contributed by atoms with Gasteiger partial charge in [0.05, 0.1) is 6.10 Å². The van der Waals surface area contributed by atoms with E-state index < -0.39 is 0 Å². The van der Waals surface area contributed by atoms with E-state index in [9.17, 15) is 4.79 Å². The molecule has 1 aromatic carbocycles. The third-order valence-corrected chi connectivity index (χ3v) is 5.09. The van der Waals surface area contributed by atoms with Crippen molar-refractivity contribution in [2.24, 2.45) is 0 Å². The fourth-order valence-electron chi connectivity index (χ4n) is 3.46. The van der Waals surface area contributed by atoms with Crippen molar-refractivity contribution in [3.63, 3.8) is 0 Å². The average Bonchev–Trinajstić information content (AvgIpc) is 3.19. The summed E-state index contributed by atoms with van der Waals surface area (Å²) in [5.74, 6) is 1.24. The molecule has 0 spiro atoms. The zero-order valence-electron chi connectivity index (χ0n) is 16.6. The van der Waals surface area contributed by atoms with Gasteiger partial charge in [0.1, 0.15) is 0 Å². The van der Waals surface area contributed by atoms with E-state index in [1.165, 1.54) is 12.0 Å². The first kappa shape index (κ1) is 20.5. The third-order valence-electron chi connectivity index (χ3n) is 5.09. The van der Waals surface area contributed by atoms with Crippen molar-refractivity contribution in [2.45, 2.75) is 70.3 Å². The highest BCUT2D eigenvalue weighted by Crippen LogP contribution is 2.15. The largest absolute Gasteiger partial charge is 0.425 e. The lowest BCUT2D eigenvalue weighted by Gasteiger charge is -2.22. The van der Waals surface area contributed by atoms with Crippen LogP contribution < -0.4 is 5.32 Å². The molecule has 28 heavy (non-hydrogen) atoms. The van der Waals surface area contributed by atoms with Gasteiger partial charge >= 0.3 is 0 Å². The van der Waals surface area contributed by atoms with Gasteiger partial charge < -0.3 is 14.5 Å². The summed E-state index contributed by atoms with van der Waals surface area (Å²) in [6.45, 7) is 1.52. The molecule has 6 nitrogen and oxygen atoms in total. The lowest BCUT2D eigenvalue weighted by Crippen LogP contribution is -2.29. The second-order valence-electron chi connectivity index (χ2n) is 7.41. The lowest BCUT2D eigenvalue weighted by molar-refractivity contribution is -0.121. The highest BCUT2D eigenvalue weighted by atomic mass is 16.5. The minimum absolute atomic E-state index is 0.0263. The van der Waals surface area contributed by atoms with Crippen LogP contribution in [-0.2, 0) is 28.8 Å². The van der Waals surface area contributed by atoms with E-state index in [0.29, 0.717) is 37.3 Å². The van der Waals surface area contributed by atoms with Crippen molar-refractivity contribution in [1.82, 2.24) is 15.5 Å². The van der Waals surface area contributed by atoms with Crippen molar-refractivity contribution < 1.29 is 13.9 Å². The number of hydrogen-bond donors (Lipinski definition) is 1. The van der Waals surface area contributed by atoms with Gasteiger partial charge in [0.25, 0.3) is 0 Å². The van der Waals surface area contributed by atoms with E-state index in [4.69, 9.17) is 9.15 Å². The van der Waals surface area contributed by atoms with Crippen molar-refractivity contribution in [2.75, 3.05) is 13.2 Å². The molecule has 1 amide bonds. The maximum Gasteiger partial charge on any atom is 0.220 e. The summed E-state index contributed by atoms with van der Waals surface area (Å²) in [4.78, 5) is 12.0. The number of ether oxygens (including phenoxy) is 1. The second-order valence-corrected chi connectivity index (χ2v) is 7.41. The van der Waals surface area contributed by atoms with Crippen molar-refractivity contribution >= 4 is 5.91 Å². The zero-order chi connectivity index (χ0) is 19.4. The van der Waals surface area contributed by atoms with Crippen molar-refractivity contribution in [3.8, 4) is 0 Å². The average molecular weight is 386 g/mol. The molecular formula is C22H31N3O3. The molecule has 1 fully saturated rings. The van der Waals surface area contributed by atoms with E-state index in [1.54, 1.807) is 0 Å². The van der Waals surface area contributed by atoms with E-state index in [1.807, 2.05) is 6.07 Å². The number of nitrogens with zero attached hydrogens (tertiary/aromatic N) is 2. The fourth-order valence-corrected chi connectivity index (χ4v) is 3.46. The van der Waals surface area contributed by atoms with Gasteiger partial charge in [-0.1, -0.05) is 30.3 Å². The van der Waals surface area contributed by atoms with E-state index in [0.717, 1.165) is 51.6 Å². The number of aryl methyl sites for hydroxylation is 3. The van der Waals surface area contributed by atoms with Crippen LogP contribution in [0.3, 0.4) is 0 Å². The van der Waals surface area contributed by atoms with Crippen LogP contribution >= 0.6 is 0 Å². The van der Waals surface area contributed by atoms with Crippen LogP contribution in [-0.4, -0.2) is 35.4 Å². The number of carbonyl (C=O) groups is 1. The first-order valence-electron chi connectivity index (χ1n) is 10.5. The van der Waals surface area contributed by atoms with Gasteiger partial charge in [0, 0.05) is 32.4 Å². The molecule has 0 radical (unpaired) electrons. The van der Waals surface area contributed by atoms with Crippen molar-refractivity contribution in [1.29, 1.82) is 0 Å². The summed E-state index contributed by atoms with van der Waals surface area (Å²) in [6.07, 6.45) is 9.49. The van der Waals surface area contributed by atoms with Gasteiger partial charge in [-0.2, -0.15) is 0 Å². The van der Waals surface area contributed by atoms with E-state index >= 15 is 0 Å². The van der Waals surface area contributed by atoms with Gasteiger partial charge in [-0.3, -0.25) is 4.79 Å². The Morgan fingerprint density at radius 3 is 2.61 bits per heavy atom. The van der Waals surface area contributed by atoms with Crippen molar-refractivity contribution in [3.05, 3.63) is 47.7 Å². The van der Waals surface area contributed by atoms with Crippen LogP contribution in [0, 0.1) is 0 Å². The molecule has 6 heteroatoms. The summed E-state index contributed by atoms with van der Waals surface area (Å²) in [6, 6.07) is 10.5. The van der Waals surface area contributed by atoms with Gasteiger partial charge in [-0.05, 0) is 50.5 Å². The Morgan fingerprint density at radius 1 is 1.04 bits per heavy atom. The predicted octanol–water partition coefficient (Wildman–Crippen LogP) is 3.64. The molecule has 1 atom stereocenters. The topological polar surface area (TPSA) is 77.2 Å². The number of aromatic nitrogens is 2. The van der Waals surface area contributed by atoms with Crippen LogP contribution in [0.25, 0.3) is 0 Å². The molecule has 1 aromatic heterocycles. The number of hydrogen-bond acceptors (Lipinski definition) is 5. The molecule has 3 rings (SSSR count). The molecular weight excluding hydrogens is 354 g/mol. The monoisotopic (exact) mass is 385 g/mol.